The molecular weight excluding hydrogens is 353 g/mol. The monoisotopic (exact) mass is 367 g/mol. The Morgan fingerprint density at radius 3 is 2.61 bits per heavy atom. The van der Waals surface area contributed by atoms with Gasteiger partial charge in [-0.15, -0.1) is 0 Å². The molecule has 2 aromatic carbocycles. The zero-order valence-corrected chi connectivity index (χ0v) is 14.7. The first-order valence-corrected chi connectivity index (χ1v) is 7.93. The van der Waals surface area contributed by atoms with E-state index in [9.17, 15) is 0 Å². The summed E-state index contributed by atoms with van der Waals surface area (Å²) >= 11 is 17.2. The zero-order valence-electron chi connectivity index (χ0n) is 12.3. The topological polar surface area (TPSA) is 45.7 Å². The molecule has 120 valence electrons. The number of hydrogen-bond donors (Lipinski definition) is 2. The van der Waals surface area contributed by atoms with E-state index in [1.54, 1.807) is 31.5 Å². The van der Waals surface area contributed by atoms with Crippen LogP contribution in [0, 0.1) is 0 Å². The highest BCUT2D eigenvalue weighted by Gasteiger charge is 2.06. The first-order chi connectivity index (χ1) is 11.1. The molecule has 0 radical (unpaired) electrons. The van der Waals surface area contributed by atoms with Crippen LogP contribution in [0.2, 0.25) is 10.0 Å². The molecule has 0 aliphatic rings. The Balaban J connectivity index is 2.01. The van der Waals surface area contributed by atoms with Crippen LogP contribution in [0.25, 0.3) is 0 Å². The van der Waals surface area contributed by atoms with Gasteiger partial charge in [0.2, 0.25) is 0 Å². The number of thiocarbonyl (C=S) groups is 1. The van der Waals surface area contributed by atoms with Gasteiger partial charge >= 0.3 is 0 Å². The molecule has 0 spiro atoms. The normalized spacial score (nSPS) is 10.6. The van der Waals surface area contributed by atoms with Gasteiger partial charge in [0.25, 0.3) is 0 Å². The predicted molar refractivity (Wildman–Crippen MR) is 99.6 cm³/mol. The van der Waals surface area contributed by atoms with Crippen molar-refractivity contribution in [3.63, 3.8) is 0 Å². The molecule has 0 heterocycles. The quantitative estimate of drug-likeness (QED) is 0.476. The van der Waals surface area contributed by atoms with E-state index in [0.717, 1.165) is 11.1 Å². The largest absolute Gasteiger partial charge is 0.489 e. The first kappa shape index (κ1) is 17.5. The molecule has 0 unspecified atom stereocenters. The van der Waals surface area contributed by atoms with Crippen LogP contribution >= 0.6 is 35.4 Å². The minimum absolute atomic E-state index is 0.293. The molecule has 0 saturated heterocycles. The van der Waals surface area contributed by atoms with Crippen LogP contribution in [0.15, 0.2) is 47.6 Å². The standard InChI is InChI=1S/C16H15Cl2N3OS/c1-19-16(23)21-20-9-11-4-2-5-12(8-11)22-10-13-14(17)6-3-7-15(13)18/h2-9H,10H2,1H3,(H2,19,21,23). The number of nitrogens with zero attached hydrogens (tertiary/aromatic N) is 1. The van der Waals surface area contributed by atoms with Gasteiger partial charge in [-0.3, -0.25) is 5.43 Å². The lowest BCUT2D eigenvalue weighted by molar-refractivity contribution is 0.306. The number of rotatable bonds is 5. The molecule has 0 saturated carbocycles. The van der Waals surface area contributed by atoms with E-state index in [2.05, 4.69) is 15.8 Å². The van der Waals surface area contributed by atoms with Crippen molar-refractivity contribution in [2.75, 3.05) is 7.05 Å². The van der Waals surface area contributed by atoms with Crippen molar-refractivity contribution in [3.8, 4) is 5.75 Å². The molecule has 0 aromatic heterocycles. The van der Waals surface area contributed by atoms with Crippen LogP contribution in [0.5, 0.6) is 5.75 Å². The van der Waals surface area contributed by atoms with E-state index >= 15 is 0 Å². The number of hydrogen-bond acceptors (Lipinski definition) is 3. The molecule has 0 amide bonds. The summed E-state index contributed by atoms with van der Waals surface area (Å²) in [6.07, 6.45) is 1.65. The molecule has 4 nitrogen and oxygen atoms in total. The van der Waals surface area contributed by atoms with E-state index in [1.165, 1.54) is 0 Å². The zero-order chi connectivity index (χ0) is 16.7. The summed E-state index contributed by atoms with van der Waals surface area (Å²) in [5.74, 6) is 0.695. The van der Waals surface area contributed by atoms with Crippen LogP contribution < -0.4 is 15.5 Å². The highest BCUT2D eigenvalue weighted by atomic mass is 35.5. The third-order valence-electron chi connectivity index (χ3n) is 2.91. The van der Waals surface area contributed by atoms with Crippen molar-refractivity contribution < 1.29 is 4.74 Å². The first-order valence-electron chi connectivity index (χ1n) is 6.76. The number of halogens is 2. The molecule has 0 fully saturated rings. The Hall–Kier alpha value is -1.82. The second kappa shape index (κ2) is 8.72. The molecule has 0 bridgehead atoms. The number of hydrazone groups is 1. The maximum Gasteiger partial charge on any atom is 0.186 e. The molecule has 7 heteroatoms. The third kappa shape index (κ3) is 5.39. The van der Waals surface area contributed by atoms with Gasteiger partial charge in [-0.1, -0.05) is 41.4 Å². The van der Waals surface area contributed by atoms with Crippen molar-refractivity contribution in [3.05, 3.63) is 63.6 Å². The smallest absolute Gasteiger partial charge is 0.186 e. The molecule has 2 aromatic rings. The van der Waals surface area contributed by atoms with Crippen LogP contribution in [-0.2, 0) is 6.61 Å². The van der Waals surface area contributed by atoms with E-state index < -0.39 is 0 Å². The second-order valence-electron chi connectivity index (χ2n) is 4.51. The van der Waals surface area contributed by atoms with Crippen molar-refractivity contribution in [2.45, 2.75) is 6.61 Å². The van der Waals surface area contributed by atoms with Gasteiger partial charge < -0.3 is 10.1 Å². The number of nitrogens with one attached hydrogen (secondary N) is 2. The lowest BCUT2D eigenvalue weighted by Crippen LogP contribution is -2.28. The molecule has 0 aliphatic carbocycles. The van der Waals surface area contributed by atoms with Crippen LogP contribution in [0.1, 0.15) is 11.1 Å². The fourth-order valence-corrected chi connectivity index (χ4v) is 2.29. The molecule has 0 aliphatic heterocycles. The Morgan fingerprint density at radius 1 is 1.22 bits per heavy atom. The van der Waals surface area contributed by atoms with E-state index in [0.29, 0.717) is 27.5 Å². The van der Waals surface area contributed by atoms with Crippen molar-refractivity contribution in [1.29, 1.82) is 0 Å². The van der Waals surface area contributed by atoms with E-state index in [4.69, 9.17) is 40.2 Å². The fraction of sp³-hybridized carbons (Fsp3) is 0.125. The van der Waals surface area contributed by atoms with Gasteiger partial charge in [-0.05, 0) is 42.0 Å². The summed E-state index contributed by atoms with van der Waals surface area (Å²) in [6.45, 7) is 0.293. The predicted octanol–water partition coefficient (Wildman–Crippen LogP) is 4.00. The molecule has 2 N–H and O–H groups in total. The molecule has 23 heavy (non-hydrogen) atoms. The van der Waals surface area contributed by atoms with E-state index in [-0.39, 0.29) is 0 Å². The average Bonchev–Trinajstić information content (AvgIpc) is 2.54. The van der Waals surface area contributed by atoms with Crippen molar-refractivity contribution in [1.82, 2.24) is 10.7 Å². The number of ether oxygens (including phenoxy) is 1. The lowest BCUT2D eigenvalue weighted by Gasteiger charge is -2.09. The SMILES string of the molecule is CNC(=S)NN=Cc1cccc(OCc2c(Cl)cccc2Cl)c1. The second-order valence-corrected chi connectivity index (χ2v) is 5.73. The summed E-state index contributed by atoms with van der Waals surface area (Å²) in [7, 11) is 1.72. The molecule has 0 atom stereocenters. The third-order valence-corrected chi connectivity index (χ3v) is 3.91. The molecular formula is C16H15Cl2N3OS. The Labute approximate surface area is 150 Å². The highest BCUT2D eigenvalue weighted by molar-refractivity contribution is 7.80. The van der Waals surface area contributed by atoms with Gasteiger partial charge in [0.1, 0.15) is 12.4 Å². The van der Waals surface area contributed by atoms with E-state index in [1.807, 2.05) is 24.3 Å². The summed E-state index contributed by atoms with van der Waals surface area (Å²) in [6, 6.07) is 12.9. The van der Waals surface area contributed by atoms with Gasteiger partial charge in [0.15, 0.2) is 5.11 Å². The summed E-state index contributed by atoms with van der Waals surface area (Å²) < 4.78 is 5.75. The van der Waals surface area contributed by atoms with Gasteiger partial charge in [0.05, 0.1) is 6.21 Å². The fourth-order valence-electron chi connectivity index (χ4n) is 1.73. The summed E-state index contributed by atoms with van der Waals surface area (Å²) in [5, 5.41) is 8.41. The van der Waals surface area contributed by atoms with Gasteiger partial charge in [-0.2, -0.15) is 5.10 Å². The van der Waals surface area contributed by atoms with Crippen LogP contribution in [0.4, 0.5) is 0 Å². The van der Waals surface area contributed by atoms with Crippen LogP contribution in [0.3, 0.4) is 0 Å². The molecule has 2 rings (SSSR count). The highest BCUT2D eigenvalue weighted by Crippen LogP contribution is 2.25. The van der Waals surface area contributed by atoms with Gasteiger partial charge in [0, 0.05) is 22.7 Å². The Morgan fingerprint density at radius 2 is 1.91 bits per heavy atom. The summed E-state index contributed by atoms with van der Waals surface area (Å²) in [5.41, 5.74) is 4.32. The average molecular weight is 368 g/mol. The minimum atomic E-state index is 0.293. The van der Waals surface area contributed by atoms with Gasteiger partial charge in [-0.25, -0.2) is 0 Å². The lowest BCUT2D eigenvalue weighted by atomic mass is 10.2. The van der Waals surface area contributed by atoms with Crippen molar-refractivity contribution >= 4 is 46.7 Å². The Kier molecular flexibility index (Phi) is 6.65. The summed E-state index contributed by atoms with van der Waals surface area (Å²) in [4.78, 5) is 0. The Bertz CT molecular complexity index is 702. The maximum atomic E-state index is 6.13. The number of benzene rings is 2. The minimum Gasteiger partial charge on any atom is -0.489 e. The van der Waals surface area contributed by atoms with Crippen molar-refractivity contribution in [2.24, 2.45) is 5.10 Å². The van der Waals surface area contributed by atoms with Crippen LogP contribution in [-0.4, -0.2) is 18.4 Å². The maximum absolute atomic E-state index is 6.13.